The fraction of sp³-hybridized carbons (Fsp3) is 0.125. The molecule has 23 heavy (non-hydrogen) atoms. The van der Waals surface area contributed by atoms with Crippen LogP contribution in [0.25, 0.3) is 11.4 Å². The molecule has 2 aromatic carbocycles. The van der Waals surface area contributed by atoms with E-state index in [1.165, 1.54) is 12.1 Å². The smallest absolute Gasteiger partial charge is 0.269 e. The second-order valence-electron chi connectivity index (χ2n) is 4.88. The lowest BCUT2D eigenvalue weighted by Crippen LogP contribution is -1.97. The zero-order valence-electron chi connectivity index (χ0n) is 12.3. The van der Waals surface area contributed by atoms with Crippen LogP contribution in [-0.4, -0.2) is 15.1 Å². The van der Waals surface area contributed by atoms with Gasteiger partial charge in [0.1, 0.15) is 12.4 Å². The van der Waals surface area contributed by atoms with Gasteiger partial charge in [0.25, 0.3) is 5.69 Å². The molecule has 0 aliphatic heterocycles. The van der Waals surface area contributed by atoms with Crippen LogP contribution in [0.5, 0.6) is 5.75 Å². The molecule has 116 valence electrons. The number of hydrogen-bond donors (Lipinski definition) is 0. The Morgan fingerprint density at radius 3 is 2.78 bits per heavy atom. The Kier molecular flexibility index (Phi) is 4.01. The molecule has 7 heteroatoms. The number of nitro benzene ring substituents is 1. The minimum Gasteiger partial charge on any atom is -0.489 e. The van der Waals surface area contributed by atoms with Crippen LogP contribution in [0.4, 0.5) is 5.69 Å². The molecule has 0 aliphatic rings. The van der Waals surface area contributed by atoms with Crippen LogP contribution in [0.1, 0.15) is 11.5 Å². The predicted octanol–water partition coefficient (Wildman–Crippen LogP) is 3.53. The number of hydrogen-bond acceptors (Lipinski definition) is 6. The van der Waals surface area contributed by atoms with Gasteiger partial charge in [0.15, 0.2) is 0 Å². The number of aromatic nitrogens is 2. The number of nitrogens with zero attached hydrogens (tertiary/aromatic N) is 3. The number of nitro groups is 1. The average Bonchev–Trinajstić information content (AvgIpc) is 3.00. The molecular weight excluding hydrogens is 298 g/mol. The Labute approximate surface area is 131 Å². The Hall–Kier alpha value is -3.22. The number of aryl methyl sites for hydroxylation is 1. The van der Waals surface area contributed by atoms with Crippen molar-refractivity contribution in [2.75, 3.05) is 0 Å². The van der Waals surface area contributed by atoms with Crippen molar-refractivity contribution in [3.63, 3.8) is 0 Å². The van der Waals surface area contributed by atoms with Gasteiger partial charge in [-0.15, -0.1) is 0 Å². The van der Waals surface area contributed by atoms with Crippen molar-refractivity contribution >= 4 is 5.69 Å². The quantitative estimate of drug-likeness (QED) is 0.528. The minimum absolute atomic E-state index is 0.0436. The van der Waals surface area contributed by atoms with E-state index >= 15 is 0 Å². The molecular formula is C16H13N3O4. The topological polar surface area (TPSA) is 91.3 Å². The lowest BCUT2D eigenvalue weighted by atomic mass is 10.2. The molecule has 0 atom stereocenters. The van der Waals surface area contributed by atoms with E-state index in [1.54, 1.807) is 31.2 Å². The summed E-state index contributed by atoms with van der Waals surface area (Å²) in [4.78, 5) is 14.5. The zero-order chi connectivity index (χ0) is 16.2. The second-order valence-corrected chi connectivity index (χ2v) is 4.88. The van der Waals surface area contributed by atoms with Crippen molar-refractivity contribution < 1.29 is 14.2 Å². The molecule has 0 N–H and O–H groups in total. The summed E-state index contributed by atoms with van der Waals surface area (Å²) in [6.07, 6.45) is 0. The first-order valence-corrected chi connectivity index (χ1v) is 6.89. The van der Waals surface area contributed by atoms with Crippen LogP contribution < -0.4 is 4.74 Å². The third kappa shape index (κ3) is 3.52. The highest BCUT2D eigenvalue weighted by Crippen LogP contribution is 2.22. The minimum atomic E-state index is -0.428. The molecule has 0 saturated heterocycles. The van der Waals surface area contributed by atoms with Crippen molar-refractivity contribution in [3.8, 4) is 17.1 Å². The number of non-ortho nitro benzene ring substituents is 1. The summed E-state index contributed by atoms with van der Waals surface area (Å²) >= 11 is 0. The van der Waals surface area contributed by atoms with Gasteiger partial charge in [-0.1, -0.05) is 29.4 Å². The molecule has 0 saturated carbocycles. The summed E-state index contributed by atoms with van der Waals surface area (Å²) in [6.45, 7) is 1.95. The van der Waals surface area contributed by atoms with Gasteiger partial charge in [-0.25, -0.2) is 0 Å². The van der Waals surface area contributed by atoms with Gasteiger partial charge in [0.05, 0.1) is 4.92 Å². The highest BCUT2D eigenvalue weighted by atomic mass is 16.6. The maximum Gasteiger partial charge on any atom is 0.269 e. The molecule has 0 amide bonds. The normalized spacial score (nSPS) is 10.5. The lowest BCUT2D eigenvalue weighted by molar-refractivity contribution is -0.384. The molecule has 0 aliphatic carbocycles. The van der Waals surface area contributed by atoms with Crippen molar-refractivity contribution in [2.24, 2.45) is 0 Å². The van der Waals surface area contributed by atoms with Crippen LogP contribution in [0.2, 0.25) is 0 Å². The van der Waals surface area contributed by atoms with Gasteiger partial charge in [0, 0.05) is 24.6 Å². The summed E-state index contributed by atoms with van der Waals surface area (Å²) in [5.74, 6) is 1.60. The van der Waals surface area contributed by atoms with E-state index < -0.39 is 4.92 Å². The summed E-state index contributed by atoms with van der Waals surface area (Å²) in [5.41, 5.74) is 1.54. The van der Waals surface area contributed by atoms with E-state index in [0.717, 1.165) is 11.1 Å². The van der Waals surface area contributed by atoms with Gasteiger partial charge in [0.2, 0.25) is 11.7 Å². The molecule has 0 fully saturated rings. The number of rotatable bonds is 5. The molecule has 1 aromatic heterocycles. The second kappa shape index (κ2) is 6.27. The molecule has 3 rings (SSSR count). The Morgan fingerprint density at radius 1 is 1.22 bits per heavy atom. The van der Waals surface area contributed by atoms with Crippen LogP contribution in [0.3, 0.4) is 0 Å². The van der Waals surface area contributed by atoms with E-state index in [1.807, 2.05) is 12.1 Å². The lowest BCUT2D eigenvalue weighted by Gasteiger charge is -2.07. The first kappa shape index (κ1) is 14.7. The zero-order valence-corrected chi connectivity index (χ0v) is 12.3. The van der Waals surface area contributed by atoms with Crippen molar-refractivity contribution in [1.29, 1.82) is 0 Å². The van der Waals surface area contributed by atoms with Crippen molar-refractivity contribution in [3.05, 3.63) is 70.1 Å². The summed E-state index contributed by atoms with van der Waals surface area (Å²) < 4.78 is 10.6. The van der Waals surface area contributed by atoms with Crippen LogP contribution in [0, 0.1) is 17.0 Å². The molecule has 3 aromatic rings. The molecule has 1 heterocycles. The maximum atomic E-state index is 10.8. The Balaban J connectivity index is 1.74. The van der Waals surface area contributed by atoms with E-state index in [2.05, 4.69) is 10.1 Å². The number of benzene rings is 2. The summed E-state index contributed by atoms with van der Waals surface area (Å²) in [7, 11) is 0. The SMILES string of the molecule is Cc1nc(-c2cccc(OCc3cccc([N+](=O)[O-])c3)c2)no1. The van der Waals surface area contributed by atoms with Gasteiger partial charge >= 0.3 is 0 Å². The maximum absolute atomic E-state index is 10.8. The first-order chi connectivity index (χ1) is 11.1. The third-order valence-electron chi connectivity index (χ3n) is 3.15. The average molecular weight is 311 g/mol. The standard InChI is InChI=1S/C16H13N3O4/c1-11-17-16(18-23-11)13-5-3-7-15(9-13)22-10-12-4-2-6-14(8-12)19(20)21/h2-9H,10H2,1H3. The molecule has 0 radical (unpaired) electrons. The predicted molar refractivity (Wildman–Crippen MR) is 81.9 cm³/mol. The van der Waals surface area contributed by atoms with E-state index in [9.17, 15) is 10.1 Å². The van der Waals surface area contributed by atoms with Crippen molar-refractivity contribution in [2.45, 2.75) is 13.5 Å². The summed E-state index contributed by atoms with van der Waals surface area (Å²) in [5, 5.41) is 14.6. The van der Waals surface area contributed by atoms with Gasteiger partial charge in [-0.3, -0.25) is 10.1 Å². The van der Waals surface area contributed by atoms with Crippen LogP contribution in [0.15, 0.2) is 53.1 Å². The largest absolute Gasteiger partial charge is 0.489 e. The Bertz CT molecular complexity index is 845. The first-order valence-electron chi connectivity index (χ1n) is 6.89. The van der Waals surface area contributed by atoms with Crippen molar-refractivity contribution in [1.82, 2.24) is 10.1 Å². The number of ether oxygens (including phenoxy) is 1. The van der Waals surface area contributed by atoms with Crippen LogP contribution >= 0.6 is 0 Å². The summed E-state index contributed by atoms with van der Waals surface area (Å²) in [6, 6.07) is 13.6. The molecule has 7 nitrogen and oxygen atoms in total. The van der Waals surface area contributed by atoms with Gasteiger partial charge < -0.3 is 9.26 Å². The molecule has 0 unspecified atom stereocenters. The van der Waals surface area contributed by atoms with Gasteiger partial charge in [-0.05, 0) is 17.7 Å². The Morgan fingerprint density at radius 2 is 2.04 bits per heavy atom. The molecule has 0 spiro atoms. The van der Waals surface area contributed by atoms with Crippen LogP contribution in [-0.2, 0) is 6.61 Å². The third-order valence-corrected chi connectivity index (χ3v) is 3.15. The fourth-order valence-electron chi connectivity index (χ4n) is 2.07. The van der Waals surface area contributed by atoms with E-state index in [-0.39, 0.29) is 12.3 Å². The molecule has 0 bridgehead atoms. The highest BCUT2D eigenvalue weighted by Gasteiger charge is 2.08. The van der Waals surface area contributed by atoms with E-state index in [4.69, 9.17) is 9.26 Å². The van der Waals surface area contributed by atoms with Gasteiger partial charge in [-0.2, -0.15) is 4.98 Å². The fourth-order valence-corrected chi connectivity index (χ4v) is 2.07. The highest BCUT2D eigenvalue weighted by molar-refractivity contribution is 5.56. The monoisotopic (exact) mass is 311 g/mol. The van der Waals surface area contributed by atoms with E-state index in [0.29, 0.717) is 17.5 Å².